The number of nitrogens with two attached hydrogens (primary N) is 1. The molecule has 1 heterocycles. The standard InChI is InChI=1S/C14H17BrClN3O2/c15-11-3-1-2-10(13(11)16)14(21)18-9-4-6-19(7-5-9)8-12(17)20/h1-3,9H,4-8H2,(H2,17,20)(H,18,21). The second kappa shape index (κ2) is 7.24. The number of carbonyl (C=O) groups excluding carboxylic acids is 2. The van der Waals surface area contributed by atoms with Crippen molar-refractivity contribution >= 4 is 39.3 Å². The van der Waals surface area contributed by atoms with Gasteiger partial charge in [-0.15, -0.1) is 0 Å². The molecule has 1 aliphatic heterocycles. The van der Waals surface area contributed by atoms with E-state index >= 15 is 0 Å². The largest absolute Gasteiger partial charge is 0.369 e. The van der Waals surface area contributed by atoms with Crippen LogP contribution >= 0.6 is 27.5 Å². The summed E-state index contributed by atoms with van der Waals surface area (Å²) in [6.07, 6.45) is 1.59. The highest BCUT2D eigenvalue weighted by Crippen LogP contribution is 2.26. The molecule has 2 amide bonds. The smallest absolute Gasteiger partial charge is 0.253 e. The van der Waals surface area contributed by atoms with Gasteiger partial charge in [-0.3, -0.25) is 14.5 Å². The van der Waals surface area contributed by atoms with Gasteiger partial charge in [0.15, 0.2) is 0 Å². The Morgan fingerprint density at radius 2 is 2.05 bits per heavy atom. The third-order valence-corrected chi connectivity index (χ3v) is 4.79. The first kappa shape index (κ1) is 16.3. The molecule has 0 aromatic heterocycles. The Balaban J connectivity index is 1.90. The third kappa shape index (κ3) is 4.43. The van der Waals surface area contributed by atoms with Crippen LogP contribution in [0, 0.1) is 0 Å². The summed E-state index contributed by atoms with van der Waals surface area (Å²) < 4.78 is 0.702. The maximum atomic E-state index is 12.2. The molecule has 114 valence electrons. The summed E-state index contributed by atoms with van der Waals surface area (Å²) in [5.74, 6) is -0.493. The maximum absolute atomic E-state index is 12.2. The van der Waals surface area contributed by atoms with Crippen molar-refractivity contribution in [2.24, 2.45) is 5.73 Å². The number of likely N-dealkylation sites (tertiary alicyclic amines) is 1. The fraction of sp³-hybridized carbons (Fsp3) is 0.429. The van der Waals surface area contributed by atoms with Gasteiger partial charge >= 0.3 is 0 Å². The number of carbonyl (C=O) groups is 2. The van der Waals surface area contributed by atoms with Crippen LogP contribution in [0.1, 0.15) is 23.2 Å². The summed E-state index contributed by atoms with van der Waals surface area (Å²) in [6, 6.07) is 5.36. The quantitative estimate of drug-likeness (QED) is 0.843. The third-order valence-electron chi connectivity index (χ3n) is 3.50. The first-order valence-corrected chi connectivity index (χ1v) is 7.90. The van der Waals surface area contributed by atoms with Crippen molar-refractivity contribution in [2.45, 2.75) is 18.9 Å². The van der Waals surface area contributed by atoms with Crippen LogP contribution < -0.4 is 11.1 Å². The summed E-state index contributed by atoms with van der Waals surface area (Å²) in [5.41, 5.74) is 5.64. The van der Waals surface area contributed by atoms with Crippen LogP contribution in [0.5, 0.6) is 0 Å². The molecule has 1 aliphatic rings. The van der Waals surface area contributed by atoms with Gasteiger partial charge in [-0.05, 0) is 40.9 Å². The average Bonchev–Trinajstić information content (AvgIpc) is 2.43. The van der Waals surface area contributed by atoms with Crippen molar-refractivity contribution in [3.63, 3.8) is 0 Å². The van der Waals surface area contributed by atoms with Gasteiger partial charge in [0, 0.05) is 23.6 Å². The molecule has 0 unspecified atom stereocenters. The number of benzene rings is 1. The first-order valence-electron chi connectivity index (χ1n) is 6.73. The molecule has 0 spiro atoms. The molecule has 3 N–H and O–H groups in total. The van der Waals surface area contributed by atoms with E-state index in [1.165, 1.54) is 0 Å². The minimum absolute atomic E-state index is 0.0941. The average molecular weight is 375 g/mol. The predicted molar refractivity (Wildman–Crippen MR) is 85.3 cm³/mol. The molecule has 21 heavy (non-hydrogen) atoms. The van der Waals surface area contributed by atoms with E-state index < -0.39 is 0 Å². The first-order chi connectivity index (χ1) is 9.97. The Hall–Kier alpha value is -1.11. The molecule has 7 heteroatoms. The highest BCUT2D eigenvalue weighted by molar-refractivity contribution is 9.10. The molecule has 0 radical (unpaired) electrons. The monoisotopic (exact) mass is 373 g/mol. The van der Waals surface area contributed by atoms with E-state index in [0.717, 1.165) is 25.9 Å². The van der Waals surface area contributed by atoms with E-state index in [1.807, 2.05) is 4.90 Å². The minimum Gasteiger partial charge on any atom is -0.369 e. The number of halogens is 2. The summed E-state index contributed by atoms with van der Waals surface area (Å²) in [6.45, 7) is 1.78. The molecular weight excluding hydrogens is 358 g/mol. The predicted octanol–water partition coefficient (Wildman–Crippen LogP) is 1.78. The van der Waals surface area contributed by atoms with Crippen molar-refractivity contribution in [1.82, 2.24) is 10.2 Å². The Bertz CT molecular complexity index is 545. The highest BCUT2D eigenvalue weighted by atomic mass is 79.9. The second-order valence-electron chi connectivity index (χ2n) is 5.09. The van der Waals surface area contributed by atoms with Crippen LogP contribution in [0.2, 0.25) is 5.02 Å². The van der Waals surface area contributed by atoms with Gasteiger partial charge in [-0.1, -0.05) is 17.7 Å². The van der Waals surface area contributed by atoms with Crippen molar-refractivity contribution in [1.29, 1.82) is 0 Å². The van der Waals surface area contributed by atoms with Crippen LogP contribution in [-0.4, -0.2) is 42.4 Å². The lowest BCUT2D eigenvalue weighted by Crippen LogP contribution is -2.46. The zero-order valence-electron chi connectivity index (χ0n) is 11.4. The summed E-state index contributed by atoms with van der Waals surface area (Å²) in [7, 11) is 0. The van der Waals surface area contributed by atoms with Gasteiger partial charge in [-0.25, -0.2) is 0 Å². The van der Waals surface area contributed by atoms with Crippen LogP contribution in [0.15, 0.2) is 22.7 Å². The van der Waals surface area contributed by atoms with Gasteiger partial charge < -0.3 is 11.1 Å². The van der Waals surface area contributed by atoms with E-state index in [9.17, 15) is 9.59 Å². The van der Waals surface area contributed by atoms with Crippen LogP contribution in [0.4, 0.5) is 0 Å². The zero-order chi connectivity index (χ0) is 15.4. The Kier molecular flexibility index (Phi) is 5.61. The highest BCUT2D eigenvalue weighted by Gasteiger charge is 2.22. The molecule has 1 aromatic carbocycles. The fourth-order valence-electron chi connectivity index (χ4n) is 2.40. The van der Waals surface area contributed by atoms with Crippen LogP contribution in [0.25, 0.3) is 0 Å². The van der Waals surface area contributed by atoms with E-state index in [1.54, 1.807) is 18.2 Å². The van der Waals surface area contributed by atoms with Crippen molar-refractivity contribution in [3.8, 4) is 0 Å². The lowest BCUT2D eigenvalue weighted by molar-refractivity contribution is -0.119. The number of nitrogens with one attached hydrogen (secondary N) is 1. The van der Waals surface area contributed by atoms with Crippen LogP contribution in [-0.2, 0) is 4.79 Å². The number of rotatable bonds is 4. The van der Waals surface area contributed by atoms with E-state index in [0.29, 0.717) is 15.1 Å². The molecule has 2 rings (SSSR count). The molecule has 0 aliphatic carbocycles. The van der Waals surface area contributed by atoms with Gasteiger partial charge in [0.1, 0.15) is 0 Å². The molecular formula is C14H17BrClN3O2. The van der Waals surface area contributed by atoms with Gasteiger partial charge in [-0.2, -0.15) is 0 Å². The van der Waals surface area contributed by atoms with Crippen molar-refractivity contribution in [3.05, 3.63) is 33.3 Å². The SMILES string of the molecule is NC(=O)CN1CCC(NC(=O)c2cccc(Br)c2Cl)CC1. The van der Waals surface area contributed by atoms with E-state index in [2.05, 4.69) is 21.2 Å². The maximum Gasteiger partial charge on any atom is 0.253 e. The van der Waals surface area contributed by atoms with Gasteiger partial charge in [0.05, 0.1) is 17.1 Å². The Morgan fingerprint density at radius 1 is 1.38 bits per heavy atom. The van der Waals surface area contributed by atoms with Gasteiger partial charge in [0.2, 0.25) is 5.91 Å². The Morgan fingerprint density at radius 3 is 2.67 bits per heavy atom. The molecule has 0 atom stereocenters. The molecule has 1 fully saturated rings. The number of nitrogens with zero attached hydrogens (tertiary/aromatic N) is 1. The molecule has 5 nitrogen and oxygen atoms in total. The lowest BCUT2D eigenvalue weighted by Gasteiger charge is -2.31. The van der Waals surface area contributed by atoms with Crippen LogP contribution in [0.3, 0.4) is 0 Å². The number of primary amides is 1. The van der Waals surface area contributed by atoms with Crippen molar-refractivity contribution in [2.75, 3.05) is 19.6 Å². The minimum atomic E-state index is -0.321. The molecule has 0 saturated carbocycles. The molecule has 1 aromatic rings. The van der Waals surface area contributed by atoms with E-state index in [4.69, 9.17) is 17.3 Å². The lowest BCUT2D eigenvalue weighted by atomic mass is 10.0. The molecule has 1 saturated heterocycles. The summed E-state index contributed by atoms with van der Waals surface area (Å²) in [5, 5.41) is 3.41. The second-order valence-corrected chi connectivity index (χ2v) is 6.32. The van der Waals surface area contributed by atoms with Crippen molar-refractivity contribution < 1.29 is 9.59 Å². The molecule has 0 bridgehead atoms. The number of hydrogen-bond acceptors (Lipinski definition) is 3. The zero-order valence-corrected chi connectivity index (χ0v) is 13.8. The van der Waals surface area contributed by atoms with E-state index in [-0.39, 0.29) is 24.4 Å². The number of amides is 2. The van der Waals surface area contributed by atoms with Gasteiger partial charge in [0.25, 0.3) is 5.91 Å². The number of hydrogen-bond donors (Lipinski definition) is 2. The fourth-order valence-corrected chi connectivity index (χ4v) is 2.98. The normalized spacial score (nSPS) is 16.7. The topological polar surface area (TPSA) is 75.4 Å². The summed E-state index contributed by atoms with van der Waals surface area (Å²) >= 11 is 9.43. The summed E-state index contributed by atoms with van der Waals surface area (Å²) in [4.78, 5) is 25.1. The number of piperidine rings is 1. The Labute approximate surface area is 136 Å².